The normalized spacial score (nSPS) is 22.0. The third-order valence-corrected chi connectivity index (χ3v) is 6.18. The van der Waals surface area contributed by atoms with Gasteiger partial charge in [-0.3, -0.25) is 14.6 Å². The van der Waals surface area contributed by atoms with Crippen molar-refractivity contribution in [3.8, 4) is 5.75 Å². The fourth-order valence-corrected chi connectivity index (χ4v) is 4.66. The van der Waals surface area contributed by atoms with E-state index >= 15 is 0 Å². The van der Waals surface area contributed by atoms with Crippen LogP contribution in [0.25, 0.3) is 0 Å². The van der Waals surface area contributed by atoms with Crippen molar-refractivity contribution < 1.29 is 14.3 Å². The van der Waals surface area contributed by atoms with E-state index in [1.807, 2.05) is 62.4 Å². The molecule has 5 nitrogen and oxygen atoms in total. The zero-order valence-electron chi connectivity index (χ0n) is 17.2. The molecule has 2 atom stereocenters. The van der Waals surface area contributed by atoms with Crippen LogP contribution >= 0.6 is 11.6 Å². The molecule has 0 radical (unpaired) electrons. The highest BCUT2D eigenvalue weighted by atomic mass is 35.5. The van der Waals surface area contributed by atoms with E-state index in [0.29, 0.717) is 28.4 Å². The third-order valence-electron chi connectivity index (χ3n) is 5.94. The van der Waals surface area contributed by atoms with Crippen molar-refractivity contribution in [1.29, 1.82) is 0 Å². The molecule has 3 aromatic carbocycles. The molecule has 31 heavy (non-hydrogen) atoms. The maximum absolute atomic E-state index is 13.9. The van der Waals surface area contributed by atoms with E-state index in [4.69, 9.17) is 16.3 Å². The van der Waals surface area contributed by atoms with E-state index < -0.39 is 17.8 Å². The molecular formula is C25H21ClN2O3. The van der Waals surface area contributed by atoms with Gasteiger partial charge in [0.1, 0.15) is 5.75 Å². The van der Waals surface area contributed by atoms with Crippen LogP contribution in [0.2, 0.25) is 5.02 Å². The minimum atomic E-state index is -0.920. The van der Waals surface area contributed by atoms with Crippen LogP contribution in [0.4, 0.5) is 10.5 Å². The Morgan fingerprint density at radius 3 is 2.55 bits per heavy atom. The molecule has 1 fully saturated rings. The standard InChI is InChI=1S/C25H21ClN2O3/c1-16-10-12-19(13-11-16)28-24(30)27(23(29)17-6-5-7-18(26)14-17)21-15-25(28,2)31-22-9-4-3-8-20(21)22/h3-14,21H,15H2,1-2H3/t21-,25+/m0/s1. The van der Waals surface area contributed by atoms with Gasteiger partial charge in [-0.15, -0.1) is 0 Å². The Morgan fingerprint density at radius 2 is 1.81 bits per heavy atom. The molecule has 156 valence electrons. The highest BCUT2D eigenvalue weighted by Gasteiger charge is 2.55. The van der Waals surface area contributed by atoms with Crippen LogP contribution in [0, 0.1) is 6.92 Å². The van der Waals surface area contributed by atoms with Gasteiger partial charge >= 0.3 is 6.03 Å². The number of carbonyl (C=O) groups excluding carboxylic acids is 2. The number of hydrogen-bond donors (Lipinski definition) is 0. The Morgan fingerprint density at radius 1 is 1.06 bits per heavy atom. The maximum Gasteiger partial charge on any atom is 0.335 e. The molecule has 1 saturated heterocycles. The molecule has 6 heteroatoms. The number of rotatable bonds is 2. The van der Waals surface area contributed by atoms with Crippen LogP contribution < -0.4 is 9.64 Å². The van der Waals surface area contributed by atoms with Gasteiger partial charge in [0.15, 0.2) is 5.72 Å². The van der Waals surface area contributed by atoms with Gasteiger partial charge in [-0.2, -0.15) is 0 Å². The zero-order chi connectivity index (χ0) is 21.8. The fourth-order valence-electron chi connectivity index (χ4n) is 4.47. The number of para-hydroxylation sites is 1. The highest BCUT2D eigenvalue weighted by molar-refractivity contribution is 6.31. The monoisotopic (exact) mass is 432 g/mol. The van der Waals surface area contributed by atoms with E-state index in [9.17, 15) is 9.59 Å². The first kappa shape index (κ1) is 19.6. The minimum Gasteiger partial charge on any atom is -0.467 e. The number of hydrogen-bond acceptors (Lipinski definition) is 3. The van der Waals surface area contributed by atoms with Crippen molar-refractivity contribution in [2.24, 2.45) is 0 Å². The second-order valence-electron chi connectivity index (χ2n) is 8.17. The number of urea groups is 1. The number of halogens is 1. The second kappa shape index (κ2) is 7.13. The van der Waals surface area contributed by atoms with E-state index in [2.05, 4.69) is 0 Å². The van der Waals surface area contributed by atoms with Crippen LogP contribution in [-0.2, 0) is 0 Å². The summed E-state index contributed by atoms with van der Waals surface area (Å²) in [4.78, 5) is 30.4. The molecule has 2 aliphatic heterocycles. The molecule has 0 N–H and O–H groups in total. The lowest BCUT2D eigenvalue weighted by Crippen LogP contribution is -2.67. The van der Waals surface area contributed by atoms with Crippen LogP contribution in [0.3, 0.4) is 0 Å². The third kappa shape index (κ3) is 3.17. The molecule has 3 amide bonds. The Hall–Kier alpha value is -3.31. The van der Waals surface area contributed by atoms with Gasteiger partial charge in [-0.05, 0) is 50.2 Å². The summed E-state index contributed by atoms with van der Waals surface area (Å²) in [5, 5.41) is 0.447. The molecule has 3 aromatic rings. The molecule has 0 unspecified atom stereocenters. The number of fused-ring (bicyclic) bond motifs is 4. The van der Waals surface area contributed by atoms with Gasteiger partial charge in [0, 0.05) is 28.3 Å². The van der Waals surface area contributed by atoms with Crippen LogP contribution in [0.5, 0.6) is 5.75 Å². The number of ether oxygens (including phenoxy) is 1. The first-order chi connectivity index (χ1) is 14.9. The minimum absolute atomic E-state index is 0.372. The number of anilines is 1. The lowest BCUT2D eigenvalue weighted by molar-refractivity contribution is 0.00268. The summed E-state index contributed by atoms with van der Waals surface area (Å²) in [5.74, 6) is 0.295. The van der Waals surface area contributed by atoms with Gasteiger partial charge in [-0.25, -0.2) is 4.79 Å². The number of aryl methyl sites for hydroxylation is 1. The molecule has 0 spiro atoms. The summed E-state index contributed by atoms with van der Waals surface area (Å²) < 4.78 is 6.36. The second-order valence-corrected chi connectivity index (χ2v) is 8.61. The predicted molar refractivity (Wildman–Crippen MR) is 120 cm³/mol. The van der Waals surface area contributed by atoms with Gasteiger partial charge in [0.2, 0.25) is 0 Å². The molecule has 2 aliphatic rings. The van der Waals surface area contributed by atoms with Gasteiger partial charge < -0.3 is 4.74 Å². The zero-order valence-corrected chi connectivity index (χ0v) is 18.0. The number of benzene rings is 3. The largest absolute Gasteiger partial charge is 0.467 e. The van der Waals surface area contributed by atoms with Crippen molar-refractivity contribution in [3.63, 3.8) is 0 Å². The van der Waals surface area contributed by atoms with Crippen molar-refractivity contribution in [2.75, 3.05) is 4.90 Å². The first-order valence-corrected chi connectivity index (χ1v) is 10.5. The summed E-state index contributed by atoms with van der Waals surface area (Å²) in [6.45, 7) is 3.89. The first-order valence-electron chi connectivity index (χ1n) is 10.2. The quantitative estimate of drug-likeness (QED) is 0.501. The van der Waals surface area contributed by atoms with Crippen molar-refractivity contribution >= 4 is 29.2 Å². The average molecular weight is 433 g/mol. The van der Waals surface area contributed by atoms with E-state index in [0.717, 1.165) is 11.1 Å². The van der Waals surface area contributed by atoms with E-state index in [-0.39, 0.29) is 5.91 Å². The molecular weight excluding hydrogens is 412 g/mol. The summed E-state index contributed by atoms with van der Waals surface area (Å²) in [5.41, 5.74) is 2.04. The van der Waals surface area contributed by atoms with E-state index in [1.165, 1.54) is 4.90 Å². The maximum atomic E-state index is 13.9. The van der Waals surface area contributed by atoms with Gasteiger partial charge in [0.25, 0.3) is 5.91 Å². The van der Waals surface area contributed by atoms with Crippen LogP contribution in [-0.4, -0.2) is 22.6 Å². The molecule has 5 rings (SSSR count). The van der Waals surface area contributed by atoms with Crippen molar-refractivity contribution in [3.05, 3.63) is 94.5 Å². The summed E-state index contributed by atoms with van der Waals surface area (Å²) in [6, 6.07) is 21.1. The topological polar surface area (TPSA) is 49.9 Å². The Balaban J connectivity index is 1.67. The molecule has 0 saturated carbocycles. The Kier molecular flexibility index (Phi) is 4.52. The predicted octanol–water partition coefficient (Wildman–Crippen LogP) is 5.97. The smallest absolute Gasteiger partial charge is 0.335 e. The molecule has 0 aromatic heterocycles. The highest BCUT2D eigenvalue weighted by Crippen LogP contribution is 2.49. The molecule has 2 bridgehead atoms. The summed E-state index contributed by atoms with van der Waals surface area (Å²) in [7, 11) is 0. The number of imide groups is 1. The van der Waals surface area contributed by atoms with Crippen molar-refractivity contribution in [2.45, 2.75) is 32.0 Å². The number of carbonyl (C=O) groups is 2. The molecule has 2 heterocycles. The van der Waals surface area contributed by atoms with Crippen LogP contribution in [0.15, 0.2) is 72.8 Å². The SMILES string of the molecule is Cc1ccc(N2C(=O)N(C(=O)c3cccc(Cl)c3)[C@H]3C[C@@]2(C)Oc2ccccc23)cc1. The lowest BCUT2D eigenvalue weighted by Gasteiger charge is -2.53. The summed E-state index contributed by atoms with van der Waals surface area (Å²) in [6.07, 6.45) is 0.454. The average Bonchev–Trinajstić information content (AvgIpc) is 2.74. The fraction of sp³-hybridized carbons (Fsp3) is 0.200. The Bertz CT molecular complexity index is 1190. The van der Waals surface area contributed by atoms with Crippen molar-refractivity contribution in [1.82, 2.24) is 4.90 Å². The molecule has 0 aliphatic carbocycles. The summed E-state index contributed by atoms with van der Waals surface area (Å²) >= 11 is 6.13. The number of amides is 3. The van der Waals surface area contributed by atoms with Gasteiger partial charge in [-0.1, -0.05) is 53.6 Å². The van der Waals surface area contributed by atoms with Gasteiger partial charge in [0.05, 0.1) is 6.04 Å². The lowest BCUT2D eigenvalue weighted by atomic mass is 9.88. The number of nitrogens with zero attached hydrogens (tertiary/aromatic N) is 2. The van der Waals surface area contributed by atoms with E-state index in [1.54, 1.807) is 29.2 Å². The van der Waals surface area contributed by atoms with Crippen LogP contribution in [0.1, 0.15) is 40.9 Å². The Labute approximate surface area is 185 Å².